The van der Waals surface area contributed by atoms with Gasteiger partial charge in [-0.25, -0.2) is 0 Å². The van der Waals surface area contributed by atoms with Gasteiger partial charge >= 0.3 is 0 Å². The SMILES string of the molecule is COc1cc(C(C)N)ccc1OCC(C)(C)O. The highest BCUT2D eigenvalue weighted by atomic mass is 16.5. The molecule has 1 aromatic carbocycles. The molecule has 0 spiro atoms. The molecule has 0 heterocycles. The van der Waals surface area contributed by atoms with Gasteiger partial charge in [0.2, 0.25) is 0 Å². The van der Waals surface area contributed by atoms with E-state index in [1.54, 1.807) is 21.0 Å². The Kier molecular flexibility index (Phi) is 4.37. The standard InChI is InChI=1S/C13H21NO3/c1-9(14)10-5-6-11(12(7-10)16-4)17-8-13(2,3)15/h5-7,9,15H,8,14H2,1-4H3. The Morgan fingerprint density at radius 2 is 2.00 bits per heavy atom. The van der Waals surface area contributed by atoms with Gasteiger partial charge in [-0.05, 0) is 38.5 Å². The number of benzene rings is 1. The molecule has 0 aliphatic rings. The normalized spacial score (nSPS) is 13.3. The van der Waals surface area contributed by atoms with Gasteiger partial charge < -0.3 is 20.3 Å². The van der Waals surface area contributed by atoms with E-state index in [4.69, 9.17) is 15.2 Å². The molecule has 4 nitrogen and oxygen atoms in total. The Bertz CT molecular complexity index is 369. The van der Waals surface area contributed by atoms with E-state index >= 15 is 0 Å². The zero-order chi connectivity index (χ0) is 13.1. The van der Waals surface area contributed by atoms with Crippen LogP contribution in [0.5, 0.6) is 11.5 Å². The zero-order valence-electron chi connectivity index (χ0n) is 10.9. The van der Waals surface area contributed by atoms with Gasteiger partial charge in [0.1, 0.15) is 6.61 Å². The van der Waals surface area contributed by atoms with E-state index in [0.29, 0.717) is 11.5 Å². The van der Waals surface area contributed by atoms with Crippen molar-refractivity contribution in [1.82, 2.24) is 0 Å². The van der Waals surface area contributed by atoms with E-state index in [9.17, 15) is 5.11 Å². The summed E-state index contributed by atoms with van der Waals surface area (Å²) in [6, 6.07) is 5.51. The van der Waals surface area contributed by atoms with E-state index in [1.165, 1.54) is 0 Å². The van der Waals surface area contributed by atoms with E-state index in [1.807, 2.05) is 25.1 Å². The zero-order valence-corrected chi connectivity index (χ0v) is 10.9. The molecule has 0 bridgehead atoms. The van der Waals surface area contributed by atoms with E-state index in [0.717, 1.165) is 5.56 Å². The van der Waals surface area contributed by atoms with Gasteiger partial charge in [0.25, 0.3) is 0 Å². The molecule has 0 aliphatic carbocycles. The summed E-state index contributed by atoms with van der Waals surface area (Å²) in [5.41, 5.74) is 5.91. The van der Waals surface area contributed by atoms with Crippen LogP contribution in [0.1, 0.15) is 32.4 Å². The predicted octanol–water partition coefficient (Wildman–Crippen LogP) is 1.86. The second kappa shape index (κ2) is 5.38. The molecule has 1 rings (SSSR count). The third kappa shape index (κ3) is 4.24. The Morgan fingerprint density at radius 3 is 2.47 bits per heavy atom. The molecule has 0 aromatic heterocycles. The van der Waals surface area contributed by atoms with Crippen molar-refractivity contribution in [1.29, 1.82) is 0 Å². The Labute approximate surface area is 102 Å². The molecule has 0 amide bonds. The maximum atomic E-state index is 9.60. The molecule has 1 unspecified atom stereocenters. The minimum atomic E-state index is -0.870. The van der Waals surface area contributed by atoms with Crippen LogP contribution in [0.2, 0.25) is 0 Å². The number of hydrogen-bond donors (Lipinski definition) is 2. The first-order chi connectivity index (χ1) is 7.83. The number of aliphatic hydroxyl groups is 1. The molecule has 1 aromatic rings. The van der Waals surface area contributed by atoms with Crippen molar-refractivity contribution in [3.63, 3.8) is 0 Å². The summed E-state index contributed by atoms with van der Waals surface area (Å²) in [7, 11) is 1.58. The summed E-state index contributed by atoms with van der Waals surface area (Å²) in [6.45, 7) is 5.50. The first-order valence-electron chi connectivity index (χ1n) is 5.62. The molecule has 96 valence electrons. The summed E-state index contributed by atoms with van der Waals surface area (Å²) in [5.74, 6) is 1.24. The van der Waals surface area contributed by atoms with Gasteiger partial charge in [0.15, 0.2) is 11.5 Å². The molecule has 3 N–H and O–H groups in total. The number of nitrogens with two attached hydrogens (primary N) is 1. The fraction of sp³-hybridized carbons (Fsp3) is 0.538. The number of rotatable bonds is 5. The lowest BCUT2D eigenvalue weighted by atomic mass is 10.1. The lowest BCUT2D eigenvalue weighted by Crippen LogP contribution is -2.28. The molecule has 4 heteroatoms. The third-order valence-electron chi connectivity index (χ3n) is 2.29. The van der Waals surface area contributed by atoms with E-state index in [2.05, 4.69) is 0 Å². The number of methoxy groups -OCH3 is 1. The smallest absolute Gasteiger partial charge is 0.161 e. The molecular weight excluding hydrogens is 218 g/mol. The Balaban J connectivity index is 2.86. The highest BCUT2D eigenvalue weighted by Crippen LogP contribution is 2.30. The van der Waals surface area contributed by atoms with Crippen LogP contribution in [0.25, 0.3) is 0 Å². The van der Waals surface area contributed by atoms with Gasteiger partial charge in [0, 0.05) is 6.04 Å². The third-order valence-corrected chi connectivity index (χ3v) is 2.29. The van der Waals surface area contributed by atoms with Gasteiger partial charge in [-0.1, -0.05) is 6.07 Å². The average molecular weight is 239 g/mol. The minimum Gasteiger partial charge on any atom is -0.493 e. The number of hydrogen-bond acceptors (Lipinski definition) is 4. The van der Waals surface area contributed by atoms with E-state index in [-0.39, 0.29) is 12.6 Å². The summed E-state index contributed by atoms with van der Waals surface area (Å²) >= 11 is 0. The molecule has 0 aliphatic heterocycles. The quantitative estimate of drug-likeness (QED) is 0.823. The van der Waals surface area contributed by atoms with Crippen molar-refractivity contribution in [2.45, 2.75) is 32.4 Å². The molecule has 1 atom stereocenters. The summed E-state index contributed by atoms with van der Waals surface area (Å²) < 4.78 is 10.8. The maximum Gasteiger partial charge on any atom is 0.161 e. The first kappa shape index (κ1) is 13.8. The van der Waals surface area contributed by atoms with Crippen LogP contribution in [0.3, 0.4) is 0 Å². The molecule has 17 heavy (non-hydrogen) atoms. The van der Waals surface area contributed by atoms with Crippen LogP contribution < -0.4 is 15.2 Å². The Morgan fingerprint density at radius 1 is 1.35 bits per heavy atom. The summed E-state index contributed by atoms with van der Waals surface area (Å²) in [6.07, 6.45) is 0. The van der Waals surface area contributed by atoms with Crippen LogP contribution >= 0.6 is 0 Å². The second-order valence-corrected chi connectivity index (χ2v) is 4.80. The van der Waals surface area contributed by atoms with Crippen molar-refractivity contribution in [2.75, 3.05) is 13.7 Å². The van der Waals surface area contributed by atoms with Crippen LogP contribution in [0, 0.1) is 0 Å². The molecular formula is C13H21NO3. The molecule has 0 saturated carbocycles. The highest BCUT2D eigenvalue weighted by molar-refractivity contribution is 5.43. The van der Waals surface area contributed by atoms with Crippen LogP contribution in [-0.2, 0) is 0 Å². The summed E-state index contributed by atoms with van der Waals surface area (Å²) in [5, 5.41) is 9.60. The van der Waals surface area contributed by atoms with Crippen molar-refractivity contribution >= 4 is 0 Å². The second-order valence-electron chi connectivity index (χ2n) is 4.80. The van der Waals surface area contributed by atoms with Gasteiger partial charge in [0.05, 0.1) is 12.7 Å². The average Bonchev–Trinajstić information content (AvgIpc) is 2.24. The van der Waals surface area contributed by atoms with Crippen molar-refractivity contribution in [2.24, 2.45) is 5.73 Å². The fourth-order valence-corrected chi connectivity index (χ4v) is 1.34. The highest BCUT2D eigenvalue weighted by Gasteiger charge is 2.15. The van der Waals surface area contributed by atoms with Gasteiger partial charge in [-0.3, -0.25) is 0 Å². The lowest BCUT2D eigenvalue weighted by Gasteiger charge is -2.19. The maximum absolute atomic E-state index is 9.60. The van der Waals surface area contributed by atoms with Crippen molar-refractivity contribution in [3.05, 3.63) is 23.8 Å². The Hall–Kier alpha value is -1.26. The summed E-state index contributed by atoms with van der Waals surface area (Å²) in [4.78, 5) is 0. The minimum absolute atomic E-state index is 0.0489. The molecule has 0 radical (unpaired) electrons. The number of ether oxygens (including phenoxy) is 2. The van der Waals surface area contributed by atoms with Gasteiger partial charge in [-0.2, -0.15) is 0 Å². The molecule has 0 fully saturated rings. The largest absolute Gasteiger partial charge is 0.493 e. The van der Waals surface area contributed by atoms with E-state index < -0.39 is 5.60 Å². The fourth-order valence-electron chi connectivity index (χ4n) is 1.34. The van der Waals surface area contributed by atoms with Crippen molar-refractivity contribution in [3.8, 4) is 11.5 Å². The van der Waals surface area contributed by atoms with Crippen LogP contribution in [0.15, 0.2) is 18.2 Å². The van der Waals surface area contributed by atoms with Gasteiger partial charge in [-0.15, -0.1) is 0 Å². The monoisotopic (exact) mass is 239 g/mol. The molecule has 0 saturated heterocycles. The van der Waals surface area contributed by atoms with Crippen LogP contribution in [0.4, 0.5) is 0 Å². The predicted molar refractivity (Wildman–Crippen MR) is 67.4 cm³/mol. The lowest BCUT2D eigenvalue weighted by molar-refractivity contribution is 0.0276. The van der Waals surface area contributed by atoms with Crippen LogP contribution in [-0.4, -0.2) is 24.4 Å². The van der Waals surface area contributed by atoms with Crippen molar-refractivity contribution < 1.29 is 14.6 Å². The first-order valence-corrected chi connectivity index (χ1v) is 5.62. The topological polar surface area (TPSA) is 64.7 Å².